The third-order valence-electron chi connectivity index (χ3n) is 3.62. The van der Waals surface area contributed by atoms with Crippen LogP contribution in [0.4, 0.5) is 5.13 Å². The molecule has 2 aromatic carbocycles. The van der Waals surface area contributed by atoms with Crippen LogP contribution in [0.25, 0.3) is 10.2 Å². The van der Waals surface area contributed by atoms with E-state index in [1.54, 1.807) is 18.2 Å². The first-order chi connectivity index (χ1) is 12.4. The fourth-order valence-electron chi connectivity index (χ4n) is 2.54. The van der Waals surface area contributed by atoms with Crippen molar-refractivity contribution in [2.24, 2.45) is 0 Å². The molecular weight excluding hydrogens is 352 g/mol. The molecule has 0 atom stereocenters. The van der Waals surface area contributed by atoms with E-state index in [4.69, 9.17) is 9.47 Å². The van der Waals surface area contributed by atoms with Crippen molar-refractivity contribution in [1.29, 1.82) is 0 Å². The smallest absolute Gasteiger partial charge is 0.337 e. The number of hydrogen-bond acceptors (Lipinski definition) is 6. The Labute approximate surface area is 154 Å². The van der Waals surface area contributed by atoms with Gasteiger partial charge in [0.15, 0.2) is 11.7 Å². The van der Waals surface area contributed by atoms with E-state index in [1.807, 2.05) is 32.0 Å². The van der Waals surface area contributed by atoms with Gasteiger partial charge in [-0.25, -0.2) is 9.78 Å². The van der Waals surface area contributed by atoms with E-state index in [0.29, 0.717) is 22.0 Å². The highest BCUT2D eigenvalue weighted by Crippen LogP contribution is 2.27. The van der Waals surface area contributed by atoms with Crippen LogP contribution in [-0.4, -0.2) is 30.6 Å². The molecule has 3 aromatic rings. The maximum absolute atomic E-state index is 12.1. The molecule has 0 fully saturated rings. The minimum atomic E-state index is -0.410. The van der Waals surface area contributed by atoms with Gasteiger partial charge in [-0.05, 0) is 55.3 Å². The van der Waals surface area contributed by atoms with Gasteiger partial charge in [-0.1, -0.05) is 17.4 Å². The fourth-order valence-corrected chi connectivity index (χ4v) is 3.46. The van der Waals surface area contributed by atoms with Gasteiger partial charge in [-0.2, -0.15) is 0 Å². The number of carbonyl (C=O) groups excluding carboxylic acids is 2. The van der Waals surface area contributed by atoms with Crippen LogP contribution in [0.5, 0.6) is 5.75 Å². The van der Waals surface area contributed by atoms with Crippen molar-refractivity contribution in [2.45, 2.75) is 13.8 Å². The lowest BCUT2D eigenvalue weighted by Gasteiger charge is -2.07. The molecule has 0 aliphatic carbocycles. The third-order valence-corrected chi connectivity index (χ3v) is 4.55. The molecule has 1 N–H and O–H groups in total. The van der Waals surface area contributed by atoms with Crippen molar-refractivity contribution < 1.29 is 19.1 Å². The predicted molar refractivity (Wildman–Crippen MR) is 101 cm³/mol. The molecule has 26 heavy (non-hydrogen) atoms. The Kier molecular flexibility index (Phi) is 5.18. The molecule has 134 valence electrons. The number of carbonyl (C=O) groups is 2. The number of amides is 1. The van der Waals surface area contributed by atoms with Crippen LogP contribution in [-0.2, 0) is 9.53 Å². The number of nitrogens with zero attached hydrogens (tertiary/aromatic N) is 1. The number of aromatic nitrogens is 1. The molecule has 0 aliphatic heterocycles. The summed E-state index contributed by atoms with van der Waals surface area (Å²) in [6, 6.07) is 10.9. The molecule has 0 saturated heterocycles. The maximum Gasteiger partial charge on any atom is 0.337 e. The zero-order valence-corrected chi connectivity index (χ0v) is 15.5. The van der Waals surface area contributed by atoms with Crippen molar-refractivity contribution in [3.05, 3.63) is 53.1 Å². The molecule has 1 heterocycles. The lowest BCUT2D eigenvalue weighted by atomic mass is 10.1. The Morgan fingerprint density at radius 3 is 2.54 bits per heavy atom. The van der Waals surface area contributed by atoms with Crippen LogP contribution in [0.2, 0.25) is 0 Å². The molecule has 7 heteroatoms. The van der Waals surface area contributed by atoms with E-state index < -0.39 is 5.97 Å². The normalized spacial score (nSPS) is 10.6. The number of benzene rings is 2. The highest BCUT2D eigenvalue weighted by molar-refractivity contribution is 7.22. The number of thiazole rings is 1. The molecule has 1 aromatic heterocycles. The van der Waals surface area contributed by atoms with E-state index in [2.05, 4.69) is 10.3 Å². The third kappa shape index (κ3) is 4.18. The second kappa shape index (κ2) is 7.53. The highest BCUT2D eigenvalue weighted by Gasteiger charge is 2.12. The molecule has 0 spiro atoms. The SMILES string of the molecule is COC(=O)c1ccc2nc(NC(=O)COc3cc(C)cc(C)c3)sc2c1. The zero-order chi connectivity index (χ0) is 18.7. The summed E-state index contributed by atoms with van der Waals surface area (Å²) in [4.78, 5) is 28.0. The van der Waals surface area contributed by atoms with Crippen LogP contribution in [0, 0.1) is 13.8 Å². The van der Waals surface area contributed by atoms with Crippen molar-refractivity contribution in [2.75, 3.05) is 19.0 Å². The van der Waals surface area contributed by atoms with Gasteiger partial charge in [-0.3, -0.25) is 10.1 Å². The van der Waals surface area contributed by atoms with Crippen LogP contribution >= 0.6 is 11.3 Å². The van der Waals surface area contributed by atoms with Crippen molar-refractivity contribution in [1.82, 2.24) is 4.98 Å². The maximum atomic E-state index is 12.1. The van der Waals surface area contributed by atoms with Crippen LogP contribution in [0.15, 0.2) is 36.4 Å². The summed E-state index contributed by atoms with van der Waals surface area (Å²) < 4.78 is 11.0. The summed E-state index contributed by atoms with van der Waals surface area (Å²) >= 11 is 1.29. The van der Waals surface area contributed by atoms with E-state index in [0.717, 1.165) is 15.8 Å². The summed E-state index contributed by atoms with van der Waals surface area (Å²) in [5.41, 5.74) is 3.30. The minimum absolute atomic E-state index is 0.105. The molecule has 0 radical (unpaired) electrons. The summed E-state index contributed by atoms with van der Waals surface area (Å²) in [6.07, 6.45) is 0. The summed E-state index contributed by atoms with van der Waals surface area (Å²) in [7, 11) is 1.33. The van der Waals surface area contributed by atoms with Gasteiger partial charge < -0.3 is 9.47 Å². The average Bonchev–Trinajstić information content (AvgIpc) is 2.99. The van der Waals surface area contributed by atoms with E-state index >= 15 is 0 Å². The van der Waals surface area contributed by atoms with Gasteiger partial charge in [-0.15, -0.1) is 0 Å². The number of esters is 1. The average molecular weight is 370 g/mol. The summed E-state index contributed by atoms with van der Waals surface area (Å²) in [5, 5.41) is 3.18. The van der Waals surface area contributed by atoms with Crippen LogP contribution in [0.3, 0.4) is 0 Å². The number of hydrogen-bond donors (Lipinski definition) is 1. The molecule has 0 unspecified atom stereocenters. The van der Waals surface area contributed by atoms with Gasteiger partial charge in [0.1, 0.15) is 5.75 Å². The van der Waals surface area contributed by atoms with Crippen LogP contribution < -0.4 is 10.1 Å². The highest BCUT2D eigenvalue weighted by atomic mass is 32.1. The predicted octanol–water partition coefficient (Wildman–Crippen LogP) is 3.72. The lowest BCUT2D eigenvalue weighted by molar-refractivity contribution is -0.118. The van der Waals surface area contributed by atoms with Gasteiger partial charge in [0.2, 0.25) is 0 Å². The number of aryl methyl sites for hydroxylation is 2. The molecule has 1 amide bonds. The Balaban J connectivity index is 1.66. The summed E-state index contributed by atoms with van der Waals surface area (Å²) in [6.45, 7) is 3.85. The largest absolute Gasteiger partial charge is 0.484 e. The Bertz CT molecular complexity index is 961. The quantitative estimate of drug-likeness (QED) is 0.693. The fraction of sp³-hybridized carbons (Fsp3) is 0.211. The van der Waals surface area contributed by atoms with Crippen molar-refractivity contribution in [3.63, 3.8) is 0 Å². The topological polar surface area (TPSA) is 77.5 Å². The van der Waals surface area contributed by atoms with E-state index in [-0.39, 0.29) is 12.5 Å². The van der Waals surface area contributed by atoms with Gasteiger partial charge in [0.05, 0.1) is 22.9 Å². The molecule has 0 aliphatic rings. The first-order valence-corrected chi connectivity index (χ1v) is 8.76. The van der Waals surface area contributed by atoms with Gasteiger partial charge >= 0.3 is 5.97 Å². The molecule has 0 saturated carbocycles. The van der Waals surface area contributed by atoms with E-state index in [1.165, 1.54) is 18.4 Å². The Hall–Kier alpha value is -2.93. The second-order valence-corrected chi connectivity index (χ2v) is 6.88. The van der Waals surface area contributed by atoms with Crippen LogP contribution in [0.1, 0.15) is 21.5 Å². The van der Waals surface area contributed by atoms with Crippen molar-refractivity contribution in [3.8, 4) is 5.75 Å². The Morgan fingerprint density at radius 2 is 1.85 bits per heavy atom. The molecule has 0 bridgehead atoms. The summed E-state index contributed by atoms with van der Waals surface area (Å²) in [5.74, 6) is -0.0474. The number of fused-ring (bicyclic) bond motifs is 1. The lowest BCUT2D eigenvalue weighted by Crippen LogP contribution is -2.20. The minimum Gasteiger partial charge on any atom is -0.484 e. The monoisotopic (exact) mass is 370 g/mol. The molecular formula is C19H18N2O4S. The number of anilines is 1. The first kappa shape index (κ1) is 17.9. The van der Waals surface area contributed by atoms with Gasteiger partial charge in [0.25, 0.3) is 5.91 Å². The Morgan fingerprint density at radius 1 is 1.12 bits per heavy atom. The van der Waals surface area contributed by atoms with E-state index in [9.17, 15) is 9.59 Å². The molecule has 6 nitrogen and oxygen atoms in total. The number of methoxy groups -OCH3 is 1. The van der Waals surface area contributed by atoms with Crippen molar-refractivity contribution >= 4 is 38.6 Å². The number of ether oxygens (including phenoxy) is 2. The number of nitrogens with one attached hydrogen (secondary N) is 1. The first-order valence-electron chi connectivity index (χ1n) is 7.94. The number of rotatable bonds is 5. The second-order valence-electron chi connectivity index (χ2n) is 5.85. The standard InChI is InChI=1S/C19H18N2O4S/c1-11-6-12(2)8-14(7-11)25-10-17(22)21-19-20-15-5-4-13(18(23)24-3)9-16(15)26-19/h4-9H,10H2,1-3H3,(H,20,21,22). The van der Waals surface area contributed by atoms with Gasteiger partial charge in [0, 0.05) is 0 Å². The molecule has 3 rings (SSSR count). The zero-order valence-electron chi connectivity index (χ0n) is 14.7.